The van der Waals surface area contributed by atoms with E-state index < -0.39 is 0 Å². The van der Waals surface area contributed by atoms with Crippen LogP contribution >= 0.6 is 0 Å². The van der Waals surface area contributed by atoms with Crippen molar-refractivity contribution in [3.63, 3.8) is 0 Å². The molecule has 1 aromatic heterocycles. The molecule has 4 rings (SSSR count). The maximum absolute atomic E-state index is 13.3. The van der Waals surface area contributed by atoms with Crippen molar-refractivity contribution in [3.8, 4) is 16.9 Å². The molecule has 2 aromatic carbocycles. The van der Waals surface area contributed by atoms with Crippen LogP contribution in [0, 0.1) is 19.7 Å². The molecule has 5 heteroatoms. The van der Waals surface area contributed by atoms with Crippen molar-refractivity contribution in [2.75, 3.05) is 0 Å². The molecular weight excluding hydrogens is 365 g/mol. The molecule has 1 aliphatic carbocycles. The van der Waals surface area contributed by atoms with Crippen LogP contribution in [0.5, 0.6) is 0 Å². The average molecular weight is 391 g/mol. The van der Waals surface area contributed by atoms with Gasteiger partial charge in [-0.3, -0.25) is 4.79 Å². The quantitative estimate of drug-likeness (QED) is 0.651. The summed E-state index contributed by atoms with van der Waals surface area (Å²) in [6, 6.07) is 14.3. The van der Waals surface area contributed by atoms with Gasteiger partial charge in [-0.1, -0.05) is 37.0 Å². The lowest BCUT2D eigenvalue weighted by Crippen LogP contribution is -2.37. The zero-order valence-electron chi connectivity index (χ0n) is 16.9. The van der Waals surface area contributed by atoms with Gasteiger partial charge in [0.05, 0.1) is 11.4 Å². The van der Waals surface area contributed by atoms with Crippen LogP contribution in [0.25, 0.3) is 16.9 Å². The Morgan fingerprint density at radius 1 is 1.03 bits per heavy atom. The van der Waals surface area contributed by atoms with E-state index in [2.05, 4.69) is 11.4 Å². The van der Waals surface area contributed by atoms with Gasteiger partial charge < -0.3 is 5.32 Å². The monoisotopic (exact) mass is 391 g/mol. The first-order valence-corrected chi connectivity index (χ1v) is 10.3. The third kappa shape index (κ3) is 4.24. The summed E-state index contributed by atoms with van der Waals surface area (Å²) in [6.45, 7) is 4.06. The first-order chi connectivity index (χ1) is 14.0. The number of hydrogen-bond acceptors (Lipinski definition) is 2. The Hall–Kier alpha value is -2.95. The van der Waals surface area contributed by atoms with E-state index in [0.717, 1.165) is 48.1 Å². The third-order valence-electron chi connectivity index (χ3n) is 5.60. The summed E-state index contributed by atoms with van der Waals surface area (Å²) >= 11 is 0. The minimum Gasteiger partial charge on any atom is -0.348 e. The second-order valence-electron chi connectivity index (χ2n) is 7.93. The zero-order chi connectivity index (χ0) is 20.4. The Balaban J connectivity index is 1.74. The molecule has 4 nitrogen and oxygen atoms in total. The van der Waals surface area contributed by atoms with Gasteiger partial charge in [0.2, 0.25) is 0 Å². The Labute approximate surface area is 170 Å². The molecule has 0 aliphatic heterocycles. The SMILES string of the molecule is Cc1ccc(-n2nc(-c3ccc(F)cc3)cc2C(=O)NC2CCCCC2)c(C)c1. The molecule has 1 amide bonds. The lowest BCUT2D eigenvalue weighted by molar-refractivity contribution is 0.0920. The molecule has 3 aromatic rings. The van der Waals surface area contributed by atoms with Gasteiger partial charge in [-0.15, -0.1) is 0 Å². The predicted molar refractivity (Wildman–Crippen MR) is 113 cm³/mol. The number of nitrogens with one attached hydrogen (secondary N) is 1. The standard InChI is InChI=1S/C24H26FN3O/c1-16-8-13-22(17(2)14-16)28-23(24(29)26-20-6-4-3-5-7-20)15-21(27-28)18-9-11-19(25)12-10-18/h8-15,20H,3-7H2,1-2H3,(H,26,29). The van der Waals surface area contributed by atoms with Crippen molar-refractivity contribution in [2.24, 2.45) is 0 Å². The first-order valence-electron chi connectivity index (χ1n) is 10.3. The minimum atomic E-state index is -0.294. The molecule has 150 valence electrons. The van der Waals surface area contributed by atoms with Crippen molar-refractivity contribution < 1.29 is 9.18 Å². The van der Waals surface area contributed by atoms with Gasteiger partial charge in [0.25, 0.3) is 5.91 Å². The normalized spacial score (nSPS) is 14.7. The number of benzene rings is 2. The fourth-order valence-electron chi connectivity index (χ4n) is 4.04. The summed E-state index contributed by atoms with van der Waals surface area (Å²) in [6.07, 6.45) is 5.59. The molecule has 0 radical (unpaired) electrons. The van der Waals surface area contributed by atoms with Crippen LogP contribution in [-0.4, -0.2) is 21.7 Å². The van der Waals surface area contributed by atoms with Gasteiger partial charge in [-0.25, -0.2) is 9.07 Å². The van der Waals surface area contributed by atoms with Crippen LogP contribution < -0.4 is 5.32 Å². The topological polar surface area (TPSA) is 46.9 Å². The Bertz CT molecular complexity index is 1020. The molecule has 0 spiro atoms. The summed E-state index contributed by atoms with van der Waals surface area (Å²) in [5, 5.41) is 7.91. The van der Waals surface area contributed by atoms with Crippen LogP contribution in [0.15, 0.2) is 48.5 Å². The number of hydrogen-bond donors (Lipinski definition) is 1. The Kier molecular flexibility index (Phi) is 5.47. The fraction of sp³-hybridized carbons (Fsp3) is 0.333. The van der Waals surface area contributed by atoms with Crippen molar-refractivity contribution in [1.29, 1.82) is 0 Å². The maximum atomic E-state index is 13.3. The van der Waals surface area contributed by atoms with Crippen LogP contribution in [0.4, 0.5) is 4.39 Å². The molecule has 0 atom stereocenters. The van der Waals surface area contributed by atoms with Crippen LogP contribution in [0.2, 0.25) is 0 Å². The number of amides is 1. The maximum Gasteiger partial charge on any atom is 0.270 e. The summed E-state index contributed by atoms with van der Waals surface area (Å²) in [7, 11) is 0. The van der Waals surface area contributed by atoms with E-state index in [1.165, 1.54) is 18.6 Å². The Morgan fingerprint density at radius 3 is 2.45 bits per heavy atom. The van der Waals surface area contributed by atoms with E-state index in [4.69, 9.17) is 5.10 Å². The van der Waals surface area contributed by atoms with Gasteiger partial charge >= 0.3 is 0 Å². The summed E-state index contributed by atoms with van der Waals surface area (Å²) in [5.74, 6) is -0.407. The van der Waals surface area contributed by atoms with Crippen molar-refractivity contribution >= 4 is 5.91 Å². The van der Waals surface area contributed by atoms with E-state index in [-0.39, 0.29) is 17.8 Å². The highest BCUT2D eigenvalue weighted by Crippen LogP contribution is 2.25. The van der Waals surface area contributed by atoms with Gasteiger partial charge in [-0.2, -0.15) is 5.10 Å². The van der Waals surface area contributed by atoms with Gasteiger partial charge in [0, 0.05) is 11.6 Å². The average Bonchev–Trinajstić information content (AvgIpc) is 3.14. The summed E-state index contributed by atoms with van der Waals surface area (Å²) in [5.41, 5.74) is 5.01. The second-order valence-corrected chi connectivity index (χ2v) is 7.93. The molecule has 1 N–H and O–H groups in total. The summed E-state index contributed by atoms with van der Waals surface area (Å²) in [4.78, 5) is 13.2. The number of rotatable bonds is 4. The molecule has 1 saturated carbocycles. The molecule has 29 heavy (non-hydrogen) atoms. The lowest BCUT2D eigenvalue weighted by Gasteiger charge is -2.23. The largest absolute Gasteiger partial charge is 0.348 e. The second kappa shape index (κ2) is 8.19. The highest BCUT2D eigenvalue weighted by atomic mass is 19.1. The highest BCUT2D eigenvalue weighted by Gasteiger charge is 2.22. The Morgan fingerprint density at radius 2 is 1.76 bits per heavy atom. The molecule has 1 heterocycles. The van der Waals surface area contributed by atoms with Crippen LogP contribution in [-0.2, 0) is 0 Å². The van der Waals surface area contributed by atoms with Crippen molar-refractivity contribution in [2.45, 2.75) is 52.0 Å². The fourth-order valence-corrected chi connectivity index (χ4v) is 4.04. The number of nitrogens with zero attached hydrogens (tertiary/aromatic N) is 2. The van der Waals surface area contributed by atoms with E-state index in [9.17, 15) is 9.18 Å². The summed E-state index contributed by atoms with van der Waals surface area (Å²) < 4.78 is 15.1. The highest BCUT2D eigenvalue weighted by molar-refractivity contribution is 5.94. The molecule has 0 saturated heterocycles. The van der Waals surface area contributed by atoms with E-state index in [1.54, 1.807) is 22.9 Å². The molecule has 1 aliphatic rings. The molecule has 0 unspecified atom stereocenters. The van der Waals surface area contributed by atoms with Crippen molar-refractivity contribution in [1.82, 2.24) is 15.1 Å². The number of halogens is 1. The van der Waals surface area contributed by atoms with Crippen molar-refractivity contribution in [3.05, 3.63) is 71.2 Å². The van der Waals surface area contributed by atoms with Gasteiger partial charge in [-0.05, 0) is 68.7 Å². The van der Waals surface area contributed by atoms with Gasteiger partial charge in [0.15, 0.2) is 0 Å². The molecule has 1 fully saturated rings. The van der Waals surface area contributed by atoms with Gasteiger partial charge in [0.1, 0.15) is 11.5 Å². The van der Waals surface area contributed by atoms with Crippen LogP contribution in [0.1, 0.15) is 53.7 Å². The molecular formula is C24H26FN3O. The van der Waals surface area contributed by atoms with E-state index >= 15 is 0 Å². The van der Waals surface area contributed by atoms with E-state index in [0.29, 0.717) is 11.4 Å². The zero-order valence-corrected chi connectivity index (χ0v) is 16.9. The lowest BCUT2D eigenvalue weighted by atomic mass is 9.95. The number of aromatic nitrogens is 2. The molecule has 0 bridgehead atoms. The number of carbonyl (C=O) groups excluding carboxylic acids is 1. The smallest absolute Gasteiger partial charge is 0.270 e. The van der Waals surface area contributed by atoms with E-state index in [1.807, 2.05) is 26.0 Å². The minimum absolute atomic E-state index is 0.113. The predicted octanol–water partition coefficient (Wildman–Crippen LogP) is 5.36. The first kappa shape index (κ1) is 19.4. The van der Waals surface area contributed by atoms with Crippen LogP contribution in [0.3, 0.4) is 0 Å². The number of carbonyl (C=O) groups is 1. The number of aryl methyl sites for hydroxylation is 2. The third-order valence-corrected chi connectivity index (χ3v) is 5.60.